The normalized spacial score (nSPS) is 23.0. The van der Waals surface area contributed by atoms with Gasteiger partial charge in [-0.25, -0.2) is 0 Å². The molecule has 0 fully saturated rings. The van der Waals surface area contributed by atoms with Gasteiger partial charge in [0.05, 0.1) is 6.04 Å². The summed E-state index contributed by atoms with van der Waals surface area (Å²) in [6, 6.07) is 9.51. The number of amides is 1. The van der Waals surface area contributed by atoms with Gasteiger partial charge in [-0.3, -0.25) is 4.79 Å². The number of nitrogens with one attached hydrogen (secondary N) is 1. The molecule has 2 rings (SSSR count). The lowest BCUT2D eigenvalue weighted by atomic mass is 9.88. The van der Waals surface area contributed by atoms with Gasteiger partial charge in [0, 0.05) is 17.5 Å². The summed E-state index contributed by atoms with van der Waals surface area (Å²) in [6.07, 6.45) is 6.14. The Morgan fingerprint density at radius 2 is 2.05 bits per heavy atom. The average molecular weight is 272 g/mol. The van der Waals surface area contributed by atoms with E-state index in [9.17, 15) is 4.79 Å². The monoisotopic (exact) mass is 272 g/mol. The van der Waals surface area contributed by atoms with Crippen molar-refractivity contribution in [3.63, 3.8) is 0 Å². The molecule has 0 aromatic heterocycles. The van der Waals surface area contributed by atoms with Gasteiger partial charge < -0.3 is 11.1 Å². The Balaban J connectivity index is 1.97. The summed E-state index contributed by atoms with van der Waals surface area (Å²) in [7, 11) is 0. The van der Waals surface area contributed by atoms with Crippen LogP contribution in [0, 0.1) is 11.8 Å². The SMILES string of the molecule is CC(C)C[C@@H](N)[C@@H]1CC=C[C@@H]1NC(=O)c1ccccc1. The molecule has 0 saturated carbocycles. The molecule has 3 atom stereocenters. The van der Waals surface area contributed by atoms with E-state index in [4.69, 9.17) is 5.73 Å². The maximum atomic E-state index is 12.2. The number of carbonyl (C=O) groups is 1. The van der Waals surface area contributed by atoms with Crippen LogP contribution in [0.25, 0.3) is 0 Å². The highest BCUT2D eigenvalue weighted by Gasteiger charge is 2.29. The largest absolute Gasteiger partial charge is 0.345 e. The molecule has 0 heterocycles. The summed E-state index contributed by atoms with van der Waals surface area (Å²) in [5.41, 5.74) is 6.99. The van der Waals surface area contributed by atoms with Gasteiger partial charge >= 0.3 is 0 Å². The predicted molar refractivity (Wildman–Crippen MR) is 82.4 cm³/mol. The van der Waals surface area contributed by atoms with E-state index < -0.39 is 0 Å². The van der Waals surface area contributed by atoms with E-state index in [2.05, 4.69) is 31.3 Å². The average Bonchev–Trinajstić information content (AvgIpc) is 2.87. The van der Waals surface area contributed by atoms with Gasteiger partial charge in [-0.2, -0.15) is 0 Å². The minimum Gasteiger partial charge on any atom is -0.345 e. The maximum absolute atomic E-state index is 12.2. The first kappa shape index (κ1) is 14.8. The Morgan fingerprint density at radius 3 is 2.70 bits per heavy atom. The predicted octanol–water partition coefficient (Wildman–Crippen LogP) is 2.73. The summed E-state index contributed by atoms with van der Waals surface area (Å²) in [5, 5.41) is 3.09. The fraction of sp³-hybridized carbons (Fsp3) is 0.471. The Morgan fingerprint density at radius 1 is 1.35 bits per heavy atom. The van der Waals surface area contributed by atoms with Gasteiger partial charge in [0.1, 0.15) is 0 Å². The molecule has 0 unspecified atom stereocenters. The third kappa shape index (κ3) is 3.70. The molecule has 0 bridgehead atoms. The highest BCUT2D eigenvalue weighted by atomic mass is 16.1. The number of carbonyl (C=O) groups excluding carboxylic acids is 1. The van der Waals surface area contributed by atoms with Crippen LogP contribution in [-0.2, 0) is 0 Å². The number of benzene rings is 1. The smallest absolute Gasteiger partial charge is 0.251 e. The zero-order valence-corrected chi connectivity index (χ0v) is 12.3. The highest BCUT2D eigenvalue weighted by Crippen LogP contribution is 2.25. The summed E-state index contributed by atoms with van der Waals surface area (Å²) < 4.78 is 0. The van der Waals surface area contributed by atoms with Crippen LogP contribution in [0.4, 0.5) is 0 Å². The number of rotatable bonds is 5. The lowest BCUT2D eigenvalue weighted by Gasteiger charge is -2.27. The van der Waals surface area contributed by atoms with Gasteiger partial charge in [-0.1, -0.05) is 44.2 Å². The van der Waals surface area contributed by atoms with Crippen molar-refractivity contribution in [1.82, 2.24) is 5.32 Å². The Bertz CT molecular complexity index is 467. The van der Waals surface area contributed by atoms with Crippen molar-refractivity contribution >= 4 is 5.91 Å². The lowest BCUT2D eigenvalue weighted by molar-refractivity contribution is 0.0931. The highest BCUT2D eigenvalue weighted by molar-refractivity contribution is 5.94. The van der Waals surface area contributed by atoms with E-state index in [1.165, 1.54) is 0 Å². The molecule has 1 aliphatic carbocycles. The van der Waals surface area contributed by atoms with E-state index in [0.29, 0.717) is 17.4 Å². The molecule has 1 aromatic carbocycles. The van der Waals surface area contributed by atoms with E-state index >= 15 is 0 Å². The van der Waals surface area contributed by atoms with Crippen molar-refractivity contribution < 1.29 is 4.79 Å². The molecular formula is C17H24N2O. The fourth-order valence-corrected chi connectivity index (χ4v) is 2.81. The lowest BCUT2D eigenvalue weighted by Crippen LogP contribution is -2.45. The van der Waals surface area contributed by atoms with Crippen molar-refractivity contribution in [3.8, 4) is 0 Å². The first-order chi connectivity index (χ1) is 9.58. The van der Waals surface area contributed by atoms with Gasteiger partial charge in [0.25, 0.3) is 5.91 Å². The molecule has 3 nitrogen and oxygen atoms in total. The topological polar surface area (TPSA) is 55.1 Å². The third-order valence-corrected chi connectivity index (χ3v) is 3.84. The van der Waals surface area contributed by atoms with Crippen molar-refractivity contribution in [2.24, 2.45) is 17.6 Å². The van der Waals surface area contributed by atoms with Gasteiger partial charge in [-0.05, 0) is 30.9 Å². The van der Waals surface area contributed by atoms with Crippen LogP contribution in [0.1, 0.15) is 37.0 Å². The maximum Gasteiger partial charge on any atom is 0.251 e. The fourth-order valence-electron chi connectivity index (χ4n) is 2.81. The summed E-state index contributed by atoms with van der Waals surface area (Å²) >= 11 is 0. The molecule has 3 heteroatoms. The Labute approximate surface area is 121 Å². The van der Waals surface area contributed by atoms with E-state index in [-0.39, 0.29) is 18.0 Å². The van der Waals surface area contributed by atoms with Gasteiger partial charge in [0.2, 0.25) is 0 Å². The summed E-state index contributed by atoms with van der Waals surface area (Å²) in [4.78, 5) is 12.2. The number of allylic oxidation sites excluding steroid dienone is 1. The number of hydrogen-bond acceptors (Lipinski definition) is 2. The molecule has 0 saturated heterocycles. The van der Waals surface area contributed by atoms with E-state index in [1.54, 1.807) is 0 Å². The second-order valence-corrected chi connectivity index (χ2v) is 5.99. The third-order valence-electron chi connectivity index (χ3n) is 3.84. The molecule has 0 radical (unpaired) electrons. The van der Waals surface area contributed by atoms with Crippen molar-refractivity contribution in [1.29, 1.82) is 0 Å². The molecule has 108 valence electrons. The molecule has 0 aliphatic heterocycles. The van der Waals surface area contributed by atoms with Crippen LogP contribution in [0.15, 0.2) is 42.5 Å². The Kier molecular flexibility index (Phi) is 4.96. The summed E-state index contributed by atoms with van der Waals surface area (Å²) in [6.45, 7) is 4.36. The van der Waals surface area contributed by atoms with Crippen LogP contribution < -0.4 is 11.1 Å². The minimum absolute atomic E-state index is 0.0242. The van der Waals surface area contributed by atoms with Crippen LogP contribution in [0.2, 0.25) is 0 Å². The van der Waals surface area contributed by atoms with Crippen molar-refractivity contribution in [3.05, 3.63) is 48.0 Å². The molecule has 1 amide bonds. The second-order valence-electron chi connectivity index (χ2n) is 5.99. The standard InChI is InChI=1S/C17H24N2O/c1-12(2)11-15(18)14-9-6-10-16(14)19-17(20)13-7-4-3-5-8-13/h3-8,10,12,14-16H,9,11,18H2,1-2H3,(H,19,20)/t14-,15+,16-/m0/s1. The number of hydrogen-bond donors (Lipinski definition) is 2. The van der Waals surface area contributed by atoms with Gasteiger partial charge in [0.15, 0.2) is 0 Å². The molecular weight excluding hydrogens is 248 g/mol. The first-order valence-corrected chi connectivity index (χ1v) is 7.36. The molecule has 1 aliphatic rings. The van der Waals surface area contributed by atoms with Crippen molar-refractivity contribution in [2.75, 3.05) is 0 Å². The molecule has 1 aromatic rings. The summed E-state index contributed by atoms with van der Waals surface area (Å²) in [5.74, 6) is 0.866. The van der Waals surface area contributed by atoms with Gasteiger partial charge in [-0.15, -0.1) is 0 Å². The molecule has 0 spiro atoms. The van der Waals surface area contributed by atoms with Crippen LogP contribution in [0.5, 0.6) is 0 Å². The van der Waals surface area contributed by atoms with Crippen LogP contribution in [0.3, 0.4) is 0 Å². The van der Waals surface area contributed by atoms with Crippen molar-refractivity contribution in [2.45, 2.75) is 38.8 Å². The zero-order chi connectivity index (χ0) is 14.5. The first-order valence-electron chi connectivity index (χ1n) is 7.36. The second kappa shape index (κ2) is 6.71. The quantitative estimate of drug-likeness (QED) is 0.810. The van der Waals surface area contributed by atoms with E-state index in [0.717, 1.165) is 12.8 Å². The van der Waals surface area contributed by atoms with Crippen LogP contribution in [-0.4, -0.2) is 18.0 Å². The van der Waals surface area contributed by atoms with Crippen LogP contribution >= 0.6 is 0 Å². The Hall–Kier alpha value is -1.61. The zero-order valence-electron chi connectivity index (χ0n) is 12.3. The molecule has 3 N–H and O–H groups in total. The molecule has 20 heavy (non-hydrogen) atoms. The minimum atomic E-state index is -0.0242. The van der Waals surface area contributed by atoms with E-state index in [1.807, 2.05) is 30.3 Å². The number of nitrogens with two attached hydrogens (primary N) is 1.